The molecule has 0 spiro atoms. The van der Waals surface area contributed by atoms with E-state index in [9.17, 15) is 13.3 Å². The van der Waals surface area contributed by atoms with Gasteiger partial charge in [-0.05, 0) is 26.8 Å². The predicted molar refractivity (Wildman–Crippen MR) is 118 cm³/mol. The van der Waals surface area contributed by atoms with Crippen molar-refractivity contribution < 1.29 is 27.6 Å². The zero-order valence-electron chi connectivity index (χ0n) is 17.1. The van der Waals surface area contributed by atoms with Crippen molar-refractivity contribution >= 4 is 34.7 Å². The van der Waals surface area contributed by atoms with Gasteiger partial charge in [-0.1, -0.05) is 71.3 Å². The van der Waals surface area contributed by atoms with Gasteiger partial charge >= 0.3 is 6.29 Å². The Labute approximate surface area is 184 Å². The van der Waals surface area contributed by atoms with Gasteiger partial charge in [-0.25, -0.2) is 0 Å². The van der Waals surface area contributed by atoms with Crippen LogP contribution in [0.3, 0.4) is 0 Å². The Balaban J connectivity index is 2.03. The molecule has 4 rings (SSSR count). The monoisotopic (exact) mass is 464 g/mol. The summed E-state index contributed by atoms with van der Waals surface area (Å²) in [5, 5.41) is 0.972. The van der Waals surface area contributed by atoms with Gasteiger partial charge in [0.05, 0.1) is 11.6 Å². The maximum atomic E-state index is 14.8. The molecule has 0 atom stereocenters. The van der Waals surface area contributed by atoms with E-state index in [4.69, 9.17) is 16.3 Å². The van der Waals surface area contributed by atoms with Crippen molar-refractivity contribution in [3.8, 4) is 17.2 Å². The SMILES string of the molecule is CCOc1cc(P(=O)(c2ccc(C)cc2)c2ccc(C)cc2)c(Cl)c2c1OC(F)(F)O2. The van der Waals surface area contributed by atoms with Gasteiger partial charge in [0.1, 0.15) is 0 Å². The summed E-state index contributed by atoms with van der Waals surface area (Å²) in [6.45, 7) is 5.72. The van der Waals surface area contributed by atoms with Gasteiger partial charge in [0.2, 0.25) is 5.75 Å². The molecule has 1 heterocycles. The van der Waals surface area contributed by atoms with Crippen LogP contribution in [0.1, 0.15) is 18.1 Å². The Morgan fingerprint density at radius 3 is 1.90 bits per heavy atom. The summed E-state index contributed by atoms with van der Waals surface area (Å²) in [4.78, 5) is 0. The number of hydrogen-bond donors (Lipinski definition) is 0. The van der Waals surface area contributed by atoms with Crippen molar-refractivity contribution in [3.05, 3.63) is 70.7 Å². The van der Waals surface area contributed by atoms with Crippen LogP contribution in [0.2, 0.25) is 5.02 Å². The lowest BCUT2D eigenvalue weighted by molar-refractivity contribution is -0.287. The molecular formula is C23H20ClF2O4P. The quantitative estimate of drug-likeness (QED) is 0.480. The van der Waals surface area contributed by atoms with Crippen LogP contribution in [0.15, 0.2) is 54.6 Å². The van der Waals surface area contributed by atoms with Crippen molar-refractivity contribution in [2.75, 3.05) is 6.61 Å². The molecule has 0 unspecified atom stereocenters. The lowest BCUT2D eigenvalue weighted by atomic mass is 10.2. The standard InChI is InChI=1S/C23H20ClF2O4P/c1-4-28-18-13-19(20(24)22-21(18)29-23(25,26)30-22)31(27,16-9-5-14(2)6-10-16)17-11-7-15(3)8-12-17/h5-13H,4H2,1-3H3. The number of alkyl halides is 2. The van der Waals surface area contributed by atoms with E-state index in [1.165, 1.54) is 6.07 Å². The van der Waals surface area contributed by atoms with Crippen LogP contribution in [-0.4, -0.2) is 12.9 Å². The molecule has 3 aromatic rings. The summed E-state index contributed by atoms with van der Waals surface area (Å²) in [5.74, 6) is -0.694. The van der Waals surface area contributed by atoms with Crippen LogP contribution in [0, 0.1) is 13.8 Å². The highest BCUT2D eigenvalue weighted by molar-refractivity contribution is 7.85. The van der Waals surface area contributed by atoms with E-state index in [0.717, 1.165) is 11.1 Å². The molecule has 0 amide bonds. The first-order chi connectivity index (χ1) is 14.7. The fraction of sp³-hybridized carbons (Fsp3) is 0.217. The molecule has 1 aliphatic heterocycles. The minimum atomic E-state index is -3.89. The molecule has 0 saturated heterocycles. The average molecular weight is 465 g/mol. The van der Waals surface area contributed by atoms with E-state index < -0.39 is 13.4 Å². The highest BCUT2D eigenvalue weighted by atomic mass is 35.5. The first kappa shape index (κ1) is 21.7. The summed E-state index contributed by atoms with van der Waals surface area (Å²) in [6.07, 6.45) is -3.89. The fourth-order valence-corrected chi connectivity index (χ4v) is 6.66. The van der Waals surface area contributed by atoms with E-state index >= 15 is 0 Å². The largest absolute Gasteiger partial charge is 0.586 e. The third-order valence-corrected chi connectivity index (χ3v) is 8.59. The van der Waals surface area contributed by atoms with E-state index in [0.29, 0.717) is 10.6 Å². The Morgan fingerprint density at radius 1 is 0.935 bits per heavy atom. The van der Waals surface area contributed by atoms with Gasteiger partial charge < -0.3 is 18.8 Å². The van der Waals surface area contributed by atoms with Crippen molar-refractivity contribution in [1.29, 1.82) is 0 Å². The molecule has 0 bridgehead atoms. The van der Waals surface area contributed by atoms with Gasteiger partial charge in [0, 0.05) is 15.9 Å². The van der Waals surface area contributed by atoms with E-state index in [1.807, 2.05) is 38.1 Å². The summed E-state index contributed by atoms with van der Waals surface area (Å²) in [7, 11) is -3.57. The molecule has 162 valence electrons. The second-order valence-electron chi connectivity index (χ2n) is 7.25. The fourth-order valence-electron chi connectivity index (χ4n) is 3.46. The van der Waals surface area contributed by atoms with Gasteiger partial charge in [0.15, 0.2) is 18.6 Å². The van der Waals surface area contributed by atoms with Crippen LogP contribution < -0.4 is 30.1 Å². The summed E-state index contributed by atoms with van der Waals surface area (Å²) < 4.78 is 57.3. The topological polar surface area (TPSA) is 44.8 Å². The number of benzene rings is 3. The van der Waals surface area contributed by atoms with E-state index in [2.05, 4.69) is 9.47 Å². The molecule has 0 N–H and O–H groups in total. The molecule has 1 aliphatic rings. The smallest absolute Gasteiger partial charge is 0.490 e. The number of aryl methyl sites for hydroxylation is 2. The van der Waals surface area contributed by atoms with Gasteiger partial charge in [0.25, 0.3) is 0 Å². The Kier molecular flexibility index (Phi) is 5.48. The van der Waals surface area contributed by atoms with Crippen LogP contribution in [0.25, 0.3) is 0 Å². The van der Waals surface area contributed by atoms with Crippen molar-refractivity contribution in [2.45, 2.75) is 27.1 Å². The summed E-state index contributed by atoms with van der Waals surface area (Å²) in [6, 6.07) is 15.8. The highest BCUT2D eigenvalue weighted by Gasteiger charge is 2.48. The minimum absolute atomic E-state index is 0.00600. The van der Waals surface area contributed by atoms with Gasteiger partial charge in [-0.2, -0.15) is 0 Å². The number of fused-ring (bicyclic) bond motifs is 1. The predicted octanol–water partition coefficient (Wildman–Crippen LogP) is 5.32. The normalized spacial score (nSPS) is 14.5. The summed E-state index contributed by atoms with van der Waals surface area (Å²) in [5.41, 5.74) is 1.98. The second-order valence-corrected chi connectivity index (χ2v) is 10.4. The number of rotatable bonds is 5. The second kappa shape index (κ2) is 7.85. The van der Waals surface area contributed by atoms with Crippen molar-refractivity contribution in [3.63, 3.8) is 0 Å². The van der Waals surface area contributed by atoms with Crippen LogP contribution in [0.5, 0.6) is 17.2 Å². The summed E-state index contributed by atoms with van der Waals surface area (Å²) >= 11 is 6.53. The molecule has 31 heavy (non-hydrogen) atoms. The molecule has 0 radical (unpaired) electrons. The van der Waals surface area contributed by atoms with E-state index in [-0.39, 0.29) is 34.2 Å². The Bertz CT molecular complexity index is 1130. The molecule has 0 aromatic heterocycles. The molecular weight excluding hydrogens is 445 g/mol. The van der Waals surface area contributed by atoms with Crippen molar-refractivity contribution in [2.24, 2.45) is 0 Å². The number of halogens is 3. The Hall–Kier alpha value is -2.56. The maximum absolute atomic E-state index is 14.8. The average Bonchev–Trinajstić information content (AvgIpc) is 3.07. The molecule has 4 nitrogen and oxygen atoms in total. The molecule has 0 fully saturated rings. The first-order valence-corrected chi connectivity index (χ1v) is 11.7. The highest BCUT2D eigenvalue weighted by Crippen LogP contribution is 2.55. The number of ether oxygens (including phenoxy) is 3. The zero-order chi connectivity index (χ0) is 22.4. The molecule has 8 heteroatoms. The molecule has 0 saturated carbocycles. The maximum Gasteiger partial charge on any atom is 0.586 e. The lowest BCUT2D eigenvalue weighted by Gasteiger charge is -2.23. The van der Waals surface area contributed by atoms with Crippen LogP contribution >= 0.6 is 18.7 Å². The van der Waals surface area contributed by atoms with E-state index in [1.54, 1.807) is 31.2 Å². The van der Waals surface area contributed by atoms with Crippen molar-refractivity contribution in [1.82, 2.24) is 0 Å². The minimum Gasteiger partial charge on any atom is -0.490 e. The molecule has 3 aromatic carbocycles. The molecule has 0 aliphatic carbocycles. The number of hydrogen-bond acceptors (Lipinski definition) is 4. The zero-order valence-corrected chi connectivity index (χ0v) is 18.8. The third-order valence-electron chi connectivity index (χ3n) is 5.00. The lowest BCUT2D eigenvalue weighted by Crippen LogP contribution is -2.27. The van der Waals surface area contributed by atoms with Gasteiger partial charge in [-0.3, -0.25) is 0 Å². The first-order valence-electron chi connectivity index (χ1n) is 9.66. The van der Waals surface area contributed by atoms with Gasteiger partial charge in [-0.15, -0.1) is 8.78 Å². The van der Waals surface area contributed by atoms with Crippen LogP contribution in [-0.2, 0) is 4.57 Å². The van der Waals surface area contributed by atoms with Crippen LogP contribution in [0.4, 0.5) is 8.78 Å². The Morgan fingerprint density at radius 2 is 1.42 bits per heavy atom. The third kappa shape index (κ3) is 3.79.